The molecule has 1 aromatic rings. The number of carbonyl (C=O) groups is 2. The molecule has 5 heteroatoms. The van der Waals surface area contributed by atoms with Crippen molar-refractivity contribution in [1.29, 1.82) is 0 Å². The molecule has 0 bridgehead atoms. The van der Waals surface area contributed by atoms with Gasteiger partial charge in [0.15, 0.2) is 5.78 Å². The Morgan fingerprint density at radius 2 is 2.25 bits per heavy atom. The maximum atomic E-state index is 11.7. The number of hydrogen-bond donors (Lipinski definition) is 1. The van der Waals surface area contributed by atoms with E-state index in [4.69, 9.17) is 10.5 Å². The third-order valence-electron chi connectivity index (χ3n) is 2.31. The maximum Gasteiger partial charge on any atom is 0.404 e. The lowest BCUT2D eigenvalue weighted by Crippen LogP contribution is -2.32. The SMILES string of the molecule is NC(=O)OC[C@H]1CC(=O)c2ccccc2O1. The zero-order valence-corrected chi connectivity index (χ0v) is 8.51. The van der Waals surface area contributed by atoms with Gasteiger partial charge in [0.1, 0.15) is 18.5 Å². The Kier molecular flexibility index (Phi) is 2.76. The number of benzene rings is 1. The minimum atomic E-state index is -0.866. The van der Waals surface area contributed by atoms with Crippen LogP contribution in [0.25, 0.3) is 0 Å². The maximum absolute atomic E-state index is 11.7. The first-order chi connectivity index (χ1) is 7.66. The lowest BCUT2D eigenvalue weighted by atomic mass is 10.0. The first-order valence-corrected chi connectivity index (χ1v) is 4.88. The van der Waals surface area contributed by atoms with Crippen LogP contribution in [0.4, 0.5) is 4.79 Å². The molecule has 2 rings (SSSR count). The summed E-state index contributed by atoms with van der Waals surface area (Å²) in [6.45, 7) is -0.00456. The van der Waals surface area contributed by atoms with E-state index in [0.29, 0.717) is 11.3 Å². The van der Waals surface area contributed by atoms with Gasteiger partial charge in [0.05, 0.1) is 12.0 Å². The molecule has 0 saturated carbocycles. The predicted octanol–water partition coefficient (Wildman–Crippen LogP) is 1.12. The van der Waals surface area contributed by atoms with Crippen molar-refractivity contribution in [3.05, 3.63) is 29.8 Å². The summed E-state index contributed by atoms with van der Waals surface area (Å²) in [4.78, 5) is 22.1. The summed E-state index contributed by atoms with van der Waals surface area (Å²) in [7, 11) is 0. The third kappa shape index (κ3) is 2.13. The van der Waals surface area contributed by atoms with Gasteiger partial charge in [-0.1, -0.05) is 12.1 Å². The first-order valence-electron chi connectivity index (χ1n) is 4.88. The monoisotopic (exact) mass is 221 g/mol. The summed E-state index contributed by atoms with van der Waals surface area (Å²) >= 11 is 0. The smallest absolute Gasteiger partial charge is 0.404 e. The van der Waals surface area contributed by atoms with Crippen LogP contribution in [0.3, 0.4) is 0 Å². The number of fused-ring (bicyclic) bond motifs is 1. The van der Waals surface area contributed by atoms with Crippen molar-refractivity contribution in [3.63, 3.8) is 0 Å². The Labute approximate surface area is 92.1 Å². The molecule has 1 aliphatic rings. The normalized spacial score (nSPS) is 18.5. The predicted molar refractivity (Wildman–Crippen MR) is 55.3 cm³/mol. The molecule has 1 atom stereocenters. The minimum absolute atomic E-state index is 0.00456. The number of ether oxygens (including phenoxy) is 2. The van der Waals surface area contributed by atoms with Gasteiger partial charge in [-0.2, -0.15) is 0 Å². The highest BCUT2D eigenvalue weighted by molar-refractivity contribution is 5.99. The van der Waals surface area contributed by atoms with Crippen LogP contribution in [0.2, 0.25) is 0 Å². The van der Waals surface area contributed by atoms with E-state index in [9.17, 15) is 9.59 Å². The molecule has 0 saturated heterocycles. The molecule has 0 aromatic heterocycles. The standard InChI is InChI=1S/C11H11NO4/c12-11(14)15-6-7-5-9(13)8-3-1-2-4-10(8)16-7/h1-4,7H,5-6H2,(H2,12,14)/t7-/m1/s1. The van der Waals surface area contributed by atoms with E-state index in [2.05, 4.69) is 4.74 Å². The number of primary amides is 1. The second kappa shape index (κ2) is 4.22. The van der Waals surface area contributed by atoms with Crippen LogP contribution in [0.15, 0.2) is 24.3 Å². The quantitative estimate of drug-likeness (QED) is 0.811. The van der Waals surface area contributed by atoms with Gasteiger partial charge in [-0.3, -0.25) is 4.79 Å². The number of rotatable bonds is 2. The van der Waals surface area contributed by atoms with E-state index in [1.54, 1.807) is 24.3 Å². The van der Waals surface area contributed by atoms with Crippen molar-refractivity contribution < 1.29 is 19.1 Å². The number of ketones is 1. The van der Waals surface area contributed by atoms with Crippen molar-refractivity contribution in [2.45, 2.75) is 12.5 Å². The summed E-state index contributed by atoms with van der Waals surface area (Å²) in [5.41, 5.74) is 5.40. The number of nitrogens with two attached hydrogens (primary N) is 1. The fourth-order valence-corrected chi connectivity index (χ4v) is 1.61. The molecular weight excluding hydrogens is 210 g/mol. The largest absolute Gasteiger partial charge is 0.486 e. The molecule has 84 valence electrons. The van der Waals surface area contributed by atoms with E-state index in [1.165, 1.54) is 0 Å². The second-order valence-corrected chi connectivity index (χ2v) is 3.49. The van der Waals surface area contributed by atoms with E-state index in [-0.39, 0.29) is 18.8 Å². The van der Waals surface area contributed by atoms with Gasteiger partial charge in [-0.25, -0.2) is 4.79 Å². The zero-order valence-electron chi connectivity index (χ0n) is 8.51. The Bertz CT molecular complexity index is 430. The summed E-state index contributed by atoms with van der Waals surface area (Å²) < 4.78 is 10.1. The molecule has 0 unspecified atom stereocenters. The van der Waals surface area contributed by atoms with Crippen LogP contribution in [0.1, 0.15) is 16.8 Å². The molecule has 1 aromatic carbocycles. The van der Waals surface area contributed by atoms with Gasteiger partial charge in [-0.15, -0.1) is 0 Å². The molecule has 0 fully saturated rings. The highest BCUT2D eigenvalue weighted by Crippen LogP contribution is 2.27. The Morgan fingerprint density at radius 3 is 3.00 bits per heavy atom. The van der Waals surface area contributed by atoms with Gasteiger partial charge in [0.25, 0.3) is 0 Å². The Morgan fingerprint density at radius 1 is 1.50 bits per heavy atom. The van der Waals surface area contributed by atoms with Crippen LogP contribution in [0.5, 0.6) is 5.75 Å². The third-order valence-corrected chi connectivity index (χ3v) is 2.31. The second-order valence-electron chi connectivity index (χ2n) is 3.49. The van der Waals surface area contributed by atoms with Crippen molar-refractivity contribution in [3.8, 4) is 5.75 Å². The van der Waals surface area contributed by atoms with E-state index < -0.39 is 12.2 Å². The fourth-order valence-electron chi connectivity index (χ4n) is 1.61. The topological polar surface area (TPSA) is 78.6 Å². The molecule has 1 amide bonds. The molecule has 0 radical (unpaired) electrons. The molecule has 2 N–H and O–H groups in total. The molecule has 1 heterocycles. The Hall–Kier alpha value is -2.04. The number of Topliss-reactive ketones (excluding diaryl/α,β-unsaturated/α-hetero) is 1. The van der Waals surface area contributed by atoms with Gasteiger partial charge in [-0.05, 0) is 12.1 Å². The van der Waals surface area contributed by atoms with Crippen molar-refractivity contribution in [2.24, 2.45) is 5.73 Å². The molecule has 1 aliphatic heterocycles. The van der Waals surface area contributed by atoms with Crippen molar-refractivity contribution in [2.75, 3.05) is 6.61 Å². The summed E-state index contributed by atoms with van der Waals surface area (Å²) in [5.74, 6) is 0.511. The van der Waals surface area contributed by atoms with E-state index in [0.717, 1.165) is 0 Å². The fraction of sp³-hybridized carbons (Fsp3) is 0.273. The van der Waals surface area contributed by atoms with Crippen LogP contribution in [0, 0.1) is 0 Å². The van der Waals surface area contributed by atoms with Crippen LogP contribution in [-0.4, -0.2) is 24.6 Å². The average molecular weight is 221 g/mol. The van der Waals surface area contributed by atoms with Crippen LogP contribution >= 0.6 is 0 Å². The lowest BCUT2D eigenvalue weighted by Gasteiger charge is -2.24. The molecule has 16 heavy (non-hydrogen) atoms. The van der Waals surface area contributed by atoms with Crippen LogP contribution in [-0.2, 0) is 4.74 Å². The number of amides is 1. The highest BCUT2D eigenvalue weighted by atomic mass is 16.6. The van der Waals surface area contributed by atoms with E-state index >= 15 is 0 Å². The first kappa shape index (κ1) is 10.5. The van der Waals surface area contributed by atoms with E-state index in [1.807, 2.05) is 0 Å². The van der Waals surface area contributed by atoms with Crippen molar-refractivity contribution >= 4 is 11.9 Å². The summed E-state index contributed by atoms with van der Waals surface area (Å²) in [6.07, 6.45) is -1.12. The van der Waals surface area contributed by atoms with Gasteiger partial charge >= 0.3 is 6.09 Å². The lowest BCUT2D eigenvalue weighted by molar-refractivity contribution is 0.0620. The number of hydrogen-bond acceptors (Lipinski definition) is 4. The number of carbonyl (C=O) groups excluding carboxylic acids is 2. The van der Waals surface area contributed by atoms with Gasteiger partial charge in [0, 0.05) is 0 Å². The number of para-hydroxylation sites is 1. The average Bonchev–Trinajstić information content (AvgIpc) is 2.26. The van der Waals surface area contributed by atoms with Crippen molar-refractivity contribution in [1.82, 2.24) is 0 Å². The molecule has 5 nitrogen and oxygen atoms in total. The molecule has 0 aliphatic carbocycles. The minimum Gasteiger partial charge on any atom is -0.486 e. The molecule has 0 spiro atoms. The summed E-state index contributed by atoms with van der Waals surface area (Å²) in [6, 6.07) is 6.98. The van der Waals surface area contributed by atoms with Gasteiger partial charge < -0.3 is 15.2 Å². The summed E-state index contributed by atoms with van der Waals surface area (Å²) in [5, 5.41) is 0. The Balaban J connectivity index is 2.09. The molecular formula is C11H11NO4. The highest BCUT2D eigenvalue weighted by Gasteiger charge is 2.26. The van der Waals surface area contributed by atoms with Crippen LogP contribution < -0.4 is 10.5 Å². The van der Waals surface area contributed by atoms with Gasteiger partial charge in [0.2, 0.25) is 0 Å². The zero-order chi connectivity index (χ0) is 11.5.